The van der Waals surface area contributed by atoms with Gasteiger partial charge in [0.15, 0.2) is 16.6 Å². The summed E-state index contributed by atoms with van der Waals surface area (Å²) in [6.45, 7) is 9.70. The Hall–Kier alpha value is -2.47. The maximum absolute atomic E-state index is 5.66. The zero-order valence-corrected chi connectivity index (χ0v) is 17.2. The molecule has 0 radical (unpaired) electrons. The first-order valence-corrected chi connectivity index (χ1v) is 9.62. The van der Waals surface area contributed by atoms with Crippen LogP contribution in [-0.4, -0.2) is 24.4 Å². The van der Waals surface area contributed by atoms with E-state index in [2.05, 4.69) is 10.6 Å². The fourth-order valence-corrected chi connectivity index (χ4v) is 2.64. The minimum absolute atomic E-state index is 0.155. The molecule has 2 rings (SSSR count). The molecular weight excluding hydrogens is 360 g/mol. The average molecular weight is 389 g/mol. The van der Waals surface area contributed by atoms with Crippen molar-refractivity contribution >= 4 is 23.0 Å². The predicted octanol–water partition coefficient (Wildman–Crippen LogP) is 4.76. The van der Waals surface area contributed by atoms with Crippen molar-refractivity contribution in [2.75, 3.05) is 18.5 Å². The van der Waals surface area contributed by atoms with Crippen LogP contribution in [0.1, 0.15) is 33.3 Å². The molecule has 0 aliphatic carbocycles. The minimum Gasteiger partial charge on any atom is -0.491 e. The molecule has 2 aromatic carbocycles. The van der Waals surface area contributed by atoms with Crippen molar-refractivity contribution in [2.24, 2.45) is 0 Å². The topological polar surface area (TPSA) is 51.8 Å². The van der Waals surface area contributed by atoms with Crippen molar-refractivity contribution < 1.29 is 14.2 Å². The third kappa shape index (κ3) is 6.98. The second-order valence-electron chi connectivity index (χ2n) is 6.15. The van der Waals surface area contributed by atoms with Gasteiger partial charge in [-0.25, -0.2) is 0 Å². The number of rotatable bonds is 9. The molecule has 146 valence electrons. The largest absolute Gasteiger partial charge is 0.491 e. The van der Waals surface area contributed by atoms with E-state index in [0.29, 0.717) is 24.9 Å². The van der Waals surface area contributed by atoms with Crippen LogP contribution in [0.5, 0.6) is 17.2 Å². The van der Waals surface area contributed by atoms with Crippen LogP contribution in [0.3, 0.4) is 0 Å². The number of ether oxygens (including phenoxy) is 3. The molecule has 0 saturated heterocycles. The second-order valence-corrected chi connectivity index (χ2v) is 6.55. The maximum atomic E-state index is 5.66. The van der Waals surface area contributed by atoms with Crippen LogP contribution >= 0.6 is 12.2 Å². The second kappa shape index (κ2) is 10.6. The van der Waals surface area contributed by atoms with Crippen LogP contribution < -0.4 is 24.8 Å². The standard InChI is InChI=1S/C21H28N2O3S/c1-5-24-19-12-7-16(13-20(19)25-6-2)14-22-21(27)23-17-8-10-18(11-9-17)26-15(3)4/h7-13,15H,5-6,14H2,1-4H3,(H2,22,23,27). The van der Waals surface area contributed by atoms with E-state index in [9.17, 15) is 0 Å². The summed E-state index contributed by atoms with van der Waals surface area (Å²) in [4.78, 5) is 0. The molecule has 0 amide bonds. The highest BCUT2D eigenvalue weighted by Crippen LogP contribution is 2.28. The van der Waals surface area contributed by atoms with Crippen molar-refractivity contribution in [1.82, 2.24) is 5.32 Å². The maximum Gasteiger partial charge on any atom is 0.171 e. The van der Waals surface area contributed by atoms with Gasteiger partial charge in [-0.15, -0.1) is 0 Å². The molecule has 0 spiro atoms. The summed E-state index contributed by atoms with van der Waals surface area (Å²) in [5, 5.41) is 6.94. The Balaban J connectivity index is 1.90. The number of thiocarbonyl (C=S) groups is 1. The lowest BCUT2D eigenvalue weighted by Gasteiger charge is -2.14. The Morgan fingerprint density at radius 2 is 1.63 bits per heavy atom. The highest BCUT2D eigenvalue weighted by molar-refractivity contribution is 7.80. The molecule has 0 aliphatic heterocycles. The summed E-state index contributed by atoms with van der Waals surface area (Å²) in [6.07, 6.45) is 0.155. The molecule has 0 aromatic heterocycles. The summed E-state index contributed by atoms with van der Waals surface area (Å²) in [5.41, 5.74) is 1.97. The number of benzene rings is 2. The van der Waals surface area contributed by atoms with E-state index >= 15 is 0 Å². The van der Waals surface area contributed by atoms with E-state index in [-0.39, 0.29) is 6.10 Å². The van der Waals surface area contributed by atoms with Crippen LogP contribution in [0.15, 0.2) is 42.5 Å². The molecule has 5 nitrogen and oxygen atoms in total. The first-order valence-electron chi connectivity index (χ1n) is 9.21. The van der Waals surface area contributed by atoms with Gasteiger partial charge >= 0.3 is 0 Å². The summed E-state index contributed by atoms with van der Waals surface area (Å²) in [6, 6.07) is 13.6. The Morgan fingerprint density at radius 3 is 2.26 bits per heavy atom. The highest BCUT2D eigenvalue weighted by Gasteiger charge is 2.07. The molecule has 0 atom stereocenters. The molecule has 0 saturated carbocycles. The Bertz CT molecular complexity index is 733. The first-order chi connectivity index (χ1) is 13.0. The van der Waals surface area contributed by atoms with Crippen LogP contribution in [-0.2, 0) is 6.54 Å². The van der Waals surface area contributed by atoms with Gasteiger partial charge < -0.3 is 24.8 Å². The lowest BCUT2D eigenvalue weighted by molar-refractivity contribution is 0.242. The van der Waals surface area contributed by atoms with Crippen molar-refractivity contribution in [3.8, 4) is 17.2 Å². The number of hydrogen-bond acceptors (Lipinski definition) is 4. The van der Waals surface area contributed by atoms with Gasteiger partial charge in [0.2, 0.25) is 0 Å². The van der Waals surface area contributed by atoms with Gasteiger partial charge in [-0.2, -0.15) is 0 Å². The van der Waals surface area contributed by atoms with Crippen molar-refractivity contribution in [1.29, 1.82) is 0 Å². The molecule has 2 N–H and O–H groups in total. The van der Waals surface area contributed by atoms with Crippen LogP contribution in [0.2, 0.25) is 0 Å². The third-order valence-corrected chi connectivity index (χ3v) is 3.79. The fourth-order valence-electron chi connectivity index (χ4n) is 2.45. The molecular formula is C21H28N2O3S. The molecule has 6 heteroatoms. The molecule has 0 unspecified atom stereocenters. The number of hydrogen-bond donors (Lipinski definition) is 2. The van der Waals surface area contributed by atoms with Crippen LogP contribution in [0.4, 0.5) is 5.69 Å². The zero-order chi connectivity index (χ0) is 19.6. The summed E-state index contributed by atoms with van der Waals surface area (Å²) < 4.78 is 16.9. The van der Waals surface area contributed by atoms with Crippen molar-refractivity contribution in [3.05, 3.63) is 48.0 Å². The SMILES string of the molecule is CCOc1ccc(CNC(=S)Nc2ccc(OC(C)C)cc2)cc1OCC. The van der Waals surface area contributed by atoms with Gasteiger partial charge in [0.25, 0.3) is 0 Å². The Kier molecular flexibility index (Phi) is 8.20. The van der Waals surface area contributed by atoms with Gasteiger partial charge in [-0.1, -0.05) is 6.07 Å². The monoisotopic (exact) mass is 388 g/mol. The predicted molar refractivity (Wildman–Crippen MR) is 114 cm³/mol. The van der Waals surface area contributed by atoms with Crippen LogP contribution in [0, 0.1) is 0 Å². The van der Waals surface area contributed by atoms with E-state index in [1.54, 1.807) is 0 Å². The lowest BCUT2D eigenvalue weighted by atomic mass is 10.2. The zero-order valence-electron chi connectivity index (χ0n) is 16.4. The minimum atomic E-state index is 0.155. The number of anilines is 1. The highest BCUT2D eigenvalue weighted by atomic mass is 32.1. The molecule has 0 fully saturated rings. The lowest BCUT2D eigenvalue weighted by Crippen LogP contribution is -2.27. The summed E-state index contributed by atoms with van der Waals surface area (Å²) in [5.74, 6) is 2.35. The number of nitrogens with one attached hydrogen (secondary N) is 2. The Labute approximate surface area is 167 Å². The third-order valence-electron chi connectivity index (χ3n) is 3.54. The van der Waals surface area contributed by atoms with Gasteiger partial charge in [0.05, 0.1) is 19.3 Å². The molecule has 0 bridgehead atoms. The van der Waals surface area contributed by atoms with E-state index in [4.69, 9.17) is 26.4 Å². The van der Waals surface area contributed by atoms with Gasteiger partial charge in [0, 0.05) is 12.2 Å². The van der Waals surface area contributed by atoms with Crippen molar-refractivity contribution in [3.63, 3.8) is 0 Å². The summed E-state index contributed by atoms with van der Waals surface area (Å²) in [7, 11) is 0. The van der Waals surface area contributed by atoms with E-state index < -0.39 is 0 Å². The van der Waals surface area contributed by atoms with Gasteiger partial charge in [-0.3, -0.25) is 0 Å². The first kappa shape index (κ1) is 20.8. The van der Waals surface area contributed by atoms with E-state index in [0.717, 1.165) is 28.5 Å². The van der Waals surface area contributed by atoms with E-state index in [1.807, 2.05) is 70.2 Å². The van der Waals surface area contributed by atoms with Gasteiger partial charge in [-0.05, 0) is 81.9 Å². The van der Waals surface area contributed by atoms with Crippen LogP contribution in [0.25, 0.3) is 0 Å². The molecule has 0 heterocycles. The smallest absolute Gasteiger partial charge is 0.171 e. The fraction of sp³-hybridized carbons (Fsp3) is 0.381. The quantitative estimate of drug-likeness (QED) is 0.604. The molecule has 27 heavy (non-hydrogen) atoms. The molecule has 2 aromatic rings. The normalized spacial score (nSPS) is 10.4. The van der Waals surface area contributed by atoms with E-state index in [1.165, 1.54) is 0 Å². The average Bonchev–Trinajstić information content (AvgIpc) is 2.63. The van der Waals surface area contributed by atoms with Gasteiger partial charge in [0.1, 0.15) is 5.75 Å². The Morgan fingerprint density at radius 1 is 0.963 bits per heavy atom. The summed E-state index contributed by atoms with van der Waals surface area (Å²) >= 11 is 5.38. The molecule has 0 aliphatic rings. The van der Waals surface area contributed by atoms with Crippen molar-refractivity contribution in [2.45, 2.75) is 40.3 Å².